The Morgan fingerprint density at radius 3 is 2.26 bits per heavy atom. The molecule has 9 nitrogen and oxygen atoms in total. The van der Waals surface area contributed by atoms with Crippen molar-refractivity contribution in [1.29, 1.82) is 0 Å². The average Bonchev–Trinajstić information content (AvgIpc) is 2.85. The molecule has 0 saturated carbocycles. The topological polar surface area (TPSA) is 113 Å². The Kier molecular flexibility index (Phi) is 5.45. The van der Waals surface area contributed by atoms with E-state index in [1.165, 1.54) is 9.80 Å². The van der Waals surface area contributed by atoms with Crippen LogP contribution in [-0.2, 0) is 24.2 Å². The Morgan fingerprint density at radius 1 is 1.13 bits per heavy atom. The van der Waals surface area contributed by atoms with Crippen molar-refractivity contribution < 1.29 is 27.5 Å². The van der Waals surface area contributed by atoms with Gasteiger partial charge < -0.3 is 19.9 Å². The van der Waals surface area contributed by atoms with Crippen LogP contribution < -0.4 is 5.32 Å². The third-order valence-electron chi connectivity index (χ3n) is 3.85. The number of carbonyl (C=O) groups excluding carboxylic acids is 3. The van der Waals surface area contributed by atoms with E-state index in [-0.39, 0.29) is 31.2 Å². The minimum atomic E-state index is -3.11. The van der Waals surface area contributed by atoms with Crippen molar-refractivity contribution in [3.63, 3.8) is 0 Å². The molecule has 2 aliphatic heterocycles. The standard InChI is InChI=1S/C13H21N3O6S/c1-2-22-13(19)16-6-4-15(5-7-16)12(18)11(17)14-10-3-8-23(20,21)9-10/h10H,2-9H2,1H3,(H,14,17). The fourth-order valence-corrected chi connectivity index (χ4v) is 4.28. The van der Waals surface area contributed by atoms with E-state index in [1.807, 2.05) is 0 Å². The van der Waals surface area contributed by atoms with Crippen LogP contribution in [0, 0.1) is 0 Å². The molecule has 2 rings (SSSR count). The Morgan fingerprint density at radius 2 is 1.74 bits per heavy atom. The molecule has 0 aromatic rings. The second kappa shape index (κ2) is 7.16. The van der Waals surface area contributed by atoms with Crippen molar-refractivity contribution >= 4 is 27.7 Å². The molecule has 0 aromatic heterocycles. The molecule has 1 atom stereocenters. The number of carbonyl (C=O) groups is 3. The fraction of sp³-hybridized carbons (Fsp3) is 0.769. The molecule has 10 heteroatoms. The van der Waals surface area contributed by atoms with Crippen molar-refractivity contribution in [1.82, 2.24) is 15.1 Å². The predicted octanol–water partition coefficient (Wildman–Crippen LogP) is -1.41. The van der Waals surface area contributed by atoms with Gasteiger partial charge in [0.2, 0.25) is 0 Å². The summed E-state index contributed by atoms with van der Waals surface area (Å²) in [6.45, 7) is 3.09. The molecule has 23 heavy (non-hydrogen) atoms. The highest BCUT2D eigenvalue weighted by molar-refractivity contribution is 7.91. The van der Waals surface area contributed by atoms with Crippen LogP contribution in [0.1, 0.15) is 13.3 Å². The van der Waals surface area contributed by atoms with Gasteiger partial charge in [0.15, 0.2) is 9.84 Å². The van der Waals surface area contributed by atoms with Crippen molar-refractivity contribution in [2.45, 2.75) is 19.4 Å². The van der Waals surface area contributed by atoms with E-state index in [4.69, 9.17) is 4.74 Å². The molecule has 2 heterocycles. The molecule has 0 aromatic carbocycles. The van der Waals surface area contributed by atoms with Gasteiger partial charge in [0, 0.05) is 32.2 Å². The third kappa shape index (κ3) is 4.57. The van der Waals surface area contributed by atoms with Gasteiger partial charge in [0.1, 0.15) is 0 Å². The number of piperazine rings is 1. The number of amides is 3. The fourth-order valence-electron chi connectivity index (χ4n) is 2.61. The summed E-state index contributed by atoms with van der Waals surface area (Å²) in [4.78, 5) is 38.4. The number of hydrogen-bond acceptors (Lipinski definition) is 6. The van der Waals surface area contributed by atoms with Gasteiger partial charge in [0.25, 0.3) is 0 Å². The quantitative estimate of drug-likeness (QED) is 0.614. The number of sulfone groups is 1. The van der Waals surface area contributed by atoms with Gasteiger partial charge in [0.05, 0.1) is 18.1 Å². The largest absolute Gasteiger partial charge is 0.450 e. The lowest BCUT2D eigenvalue weighted by Gasteiger charge is -2.33. The number of hydrogen-bond donors (Lipinski definition) is 1. The highest BCUT2D eigenvalue weighted by Crippen LogP contribution is 2.11. The normalized spacial score (nSPS) is 23.4. The molecule has 1 unspecified atom stereocenters. The number of nitrogens with zero attached hydrogens (tertiary/aromatic N) is 2. The van der Waals surface area contributed by atoms with Crippen LogP contribution in [0.3, 0.4) is 0 Å². The maximum atomic E-state index is 12.1. The van der Waals surface area contributed by atoms with Gasteiger partial charge in [-0.05, 0) is 13.3 Å². The monoisotopic (exact) mass is 347 g/mol. The van der Waals surface area contributed by atoms with Crippen LogP contribution in [0.4, 0.5) is 4.79 Å². The van der Waals surface area contributed by atoms with Gasteiger partial charge in [-0.25, -0.2) is 13.2 Å². The maximum absolute atomic E-state index is 12.1. The molecule has 130 valence electrons. The summed E-state index contributed by atoms with van der Waals surface area (Å²) in [5.41, 5.74) is 0. The number of ether oxygens (including phenoxy) is 1. The maximum Gasteiger partial charge on any atom is 0.409 e. The second-order valence-electron chi connectivity index (χ2n) is 5.55. The second-order valence-corrected chi connectivity index (χ2v) is 7.78. The van der Waals surface area contributed by atoms with Crippen LogP contribution in [-0.4, -0.2) is 86.5 Å². The first-order chi connectivity index (χ1) is 10.8. The SMILES string of the molecule is CCOC(=O)N1CCN(C(=O)C(=O)NC2CCS(=O)(=O)C2)CC1. The van der Waals surface area contributed by atoms with Crippen LogP contribution >= 0.6 is 0 Å². The smallest absolute Gasteiger partial charge is 0.409 e. The van der Waals surface area contributed by atoms with E-state index in [0.29, 0.717) is 19.5 Å². The predicted molar refractivity (Wildman–Crippen MR) is 80.4 cm³/mol. The lowest BCUT2D eigenvalue weighted by atomic mass is 10.2. The van der Waals surface area contributed by atoms with Crippen LogP contribution in [0.2, 0.25) is 0 Å². The van der Waals surface area contributed by atoms with Crippen molar-refractivity contribution in [2.24, 2.45) is 0 Å². The summed E-state index contributed by atoms with van der Waals surface area (Å²) in [5.74, 6) is -1.58. The Hall–Kier alpha value is -1.84. The molecular weight excluding hydrogens is 326 g/mol. The molecular formula is C13H21N3O6S. The van der Waals surface area contributed by atoms with Crippen LogP contribution in [0.25, 0.3) is 0 Å². The van der Waals surface area contributed by atoms with E-state index in [0.717, 1.165) is 0 Å². The third-order valence-corrected chi connectivity index (χ3v) is 5.62. The summed E-state index contributed by atoms with van der Waals surface area (Å²) in [5, 5.41) is 2.47. The number of rotatable bonds is 2. The molecule has 2 fully saturated rings. The summed E-state index contributed by atoms with van der Waals surface area (Å²) in [6.07, 6.45) is -0.0990. The highest BCUT2D eigenvalue weighted by atomic mass is 32.2. The van der Waals surface area contributed by atoms with Crippen LogP contribution in [0.15, 0.2) is 0 Å². The van der Waals surface area contributed by atoms with Gasteiger partial charge in [-0.15, -0.1) is 0 Å². The van der Waals surface area contributed by atoms with E-state index in [1.54, 1.807) is 6.92 Å². The zero-order valence-electron chi connectivity index (χ0n) is 13.0. The Bertz CT molecular complexity index is 583. The average molecular weight is 347 g/mol. The van der Waals surface area contributed by atoms with Gasteiger partial charge in [-0.2, -0.15) is 0 Å². The summed E-state index contributed by atoms with van der Waals surface area (Å²) in [6, 6.07) is -0.503. The summed E-state index contributed by atoms with van der Waals surface area (Å²) < 4.78 is 27.6. The summed E-state index contributed by atoms with van der Waals surface area (Å²) >= 11 is 0. The first-order valence-corrected chi connectivity index (χ1v) is 9.36. The Labute approximate surface area is 134 Å². The highest BCUT2D eigenvalue weighted by Gasteiger charge is 2.33. The molecule has 0 spiro atoms. The van der Waals surface area contributed by atoms with E-state index < -0.39 is 33.8 Å². The van der Waals surface area contributed by atoms with Gasteiger partial charge >= 0.3 is 17.9 Å². The van der Waals surface area contributed by atoms with Crippen molar-refractivity contribution in [2.75, 3.05) is 44.3 Å². The van der Waals surface area contributed by atoms with Gasteiger partial charge in [-0.1, -0.05) is 0 Å². The molecule has 1 N–H and O–H groups in total. The van der Waals surface area contributed by atoms with E-state index in [2.05, 4.69) is 5.32 Å². The minimum absolute atomic E-state index is 0.0321. The molecule has 3 amide bonds. The molecule has 0 bridgehead atoms. The zero-order chi connectivity index (χ0) is 17.0. The first kappa shape index (κ1) is 17.5. The van der Waals surface area contributed by atoms with Crippen LogP contribution in [0.5, 0.6) is 0 Å². The van der Waals surface area contributed by atoms with Gasteiger partial charge in [-0.3, -0.25) is 9.59 Å². The molecule has 0 aliphatic carbocycles. The number of nitrogens with one attached hydrogen (secondary N) is 1. The zero-order valence-corrected chi connectivity index (χ0v) is 13.8. The Balaban J connectivity index is 1.80. The lowest BCUT2D eigenvalue weighted by molar-refractivity contribution is -0.147. The van der Waals surface area contributed by atoms with Crippen molar-refractivity contribution in [3.8, 4) is 0 Å². The summed E-state index contributed by atoms with van der Waals surface area (Å²) in [7, 11) is -3.11. The van der Waals surface area contributed by atoms with E-state index in [9.17, 15) is 22.8 Å². The minimum Gasteiger partial charge on any atom is -0.450 e. The lowest BCUT2D eigenvalue weighted by Crippen LogP contribution is -2.54. The van der Waals surface area contributed by atoms with E-state index >= 15 is 0 Å². The molecule has 2 aliphatic rings. The van der Waals surface area contributed by atoms with Crippen molar-refractivity contribution in [3.05, 3.63) is 0 Å². The first-order valence-electron chi connectivity index (χ1n) is 7.54. The molecule has 0 radical (unpaired) electrons. The molecule has 2 saturated heterocycles.